The molecule has 2 amide bonds. The summed E-state index contributed by atoms with van der Waals surface area (Å²) in [7, 11) is 0. The van der Waals surface area contributed by atoms with E-state index in [1.807, 2.05) is 4.90 Å². The van der Waals surface area contributed by atoms with Gasteiger partial charge in [0.1, 0.15) is 0 Å². The van der Waals surface area contributed by atoms with Gasteiger partial charge in [-0.3, -0.25) is 9.59 Å². The molecular weight excluding hydrogens is 216 g/mol. The van der Waals surface area contributed by atoms with Gasteiger partial charge in [0.2, 0.25) is 11.8 Å². The van der Waals surface area contributed by atoms with E-state index in [1.54, 1.807) is 0 Å². The highest BCUT2D eigenvalue weighted by molar-refractivity contribution is 5.79. The summed E-state index contributed by atoms with van der Waals surface area (Å²) < 4.78 is 0. The molecule has 1 aliphatic rings. The van der Waals surface area contributed by atoms with Crippen molar-refractivity contribution < 1.29 is 9.59 Å². The number of primary amides is 1. The van der Waals surface area contributed by atoms with Crippen LogP contribution in [0, 0.1) is 5.92 Å². The van der Waals surface area contributed by atoms with Crippen molar-refractivity contribution >= 4 is 11.8 Å². The first-order valence-corrected chi connectivity index (χ1v) is 6.58. The Bertz CT molecular complexity index is 277. The molecule has 1 fully saturated rings. The molecule has 0 aliphatic carbocycles. The number of likely N-dealkylation sites (tertiary alicyclic amines) is 1. The first kappa shape index (κ1) is 14.0. The van der Waals surface area contributed by atoms with Gasteiger partial charge in [-0.25, -0.2) is 0 Å². The predicted molar refractivity (Wildman–Crippen MR) is 67.2 cm³/mol. The normalized spacial score (nSPS) is 20.6. The van der Waals surface area contributed by atoms with E-state index in [4.69, 9.17) is 5.73 Å². The highest BCUT2D eigenvalue weighted by atomic mass is 16.2. The lowest BCUT2D eigenvalue weighted by Gasteiger charge is -2.35. The summed E-state index contributed by atoms with van der Waals surface area (Å²) in [5, 5.41) is 0. The number of amides is 2. The van der Waals surface area contributed by atoms with Crippen LogP contribution in [-0.4, -0.2) is 29.3 Å². The lowest BCUT2D eigenvalue weighted by molar-refractivity contribution is -0.136. The van der Waals surface area contributed by atoms with E-state index < -0.39 is 0 Å². The Morgan fingerprint density at radius 1 is 1.35 bits per heavy atom. The molecule has 0 radical (unpaired) electrons. The van der Waals surface area contributed by atoms with Crippen molar-refractivity contribution in [3.05, 3.63) is 0 Å². The van der Waals surface area contributed by atoms with Crippen LogP contribution in [0.2, 0.25) is 0 Å². The maximum atomic E-state index is 12.1. The summed E-state index contributed by atoms with van der Waals surface area (Å²) in [6.07, 6.45) is 4.86. The third kappa shape index (κ3) is 4.75. The third-order valence-electron chi connectivity index (χ3n) is 3.32. The van der Waals surface area contributed by atoms with E-state index in [2.05, 4.69) is 13.8 Å². The van der Waals surface area contributed by atoms with Crippen LogP contribution in [0.25, 0.3) is 0 Å². The topological polar surface area (TPSA) is 63.4 Å². The van der Waals surface area contributed by atoms with Crippen molar-refractivity contribution in [1.82, 2.24) is 4.90 Å². The van der Waals surface area contributed by atoms with Crippen molar-refractivity contribution in [2.75, 3.05) is 6.54 Å². The fraction of sp³-hybridized carbons (Fsp3) is 0.846. The lowest BCUT2D eigenvalue weighted by Crippen LogP contribution is -2.45. The molecule has 0 spiro atoms. The summed E-state index contributed by atoms with van der Waals surface area (Å²) >= 11 is 0. The van der Waals surface area contributed by atoms with E-state index in [0.29, 0.717) is 18.8 Å². The number of nitrogens with zero attached hydrogens (tertiary/aromatic N) is 1. The van der Waals surface area contributed by atoms with Crippen molar-refractivity contribution in [1.29, 1.82) is 0 Å². The number of rotatable bonds is 5. The Morgan fingerprint density at radius 3 is 2.65 bits per heavy atom. The van der Waals surface area contributed by atoms with Crippen LogP contribution >= 0.6 is 0 Å². The van der Waals surface area contributed by atoms with Crippen LogP contribution in [0.4, 0.5) is 0 Å². The number of nitrogens with two attached hydrogens (primary N) is 1. The molecule has 1 atom stereocenters. The molecule has 1 aliphatic heterocycles. The van der Waals surface area contributed by atoms with Gasteiger partial charge >= 0.3 is 0 Å². The molecule has 4 heteroatoms. The Labute approximate surface area is 104 Å². The number of hydrogen-bond donors (Lipinski definition) is 1. The van der Waals surface area contributed by atoms with E-state index in [9.17, 15) is 9.59 Å². The average Bonchev–Trinajstić information content (AvgIpc) is 2.25. The fourth-order valence-electron chi connectivity index (χ4n) is 2.33. The van der Waals surface area contributed by atoms with E-state index in [-0.39, 0.29) is 17.9 Å². The van der Waals surface area contributed by atoms with E-state index >= 15 is 0 Å². The lowest BCUT2D eigenvalue weighted by atomic mass is 9.97. The van der Waals surface area contributed by atoms with Crippen molar-refractivity contribution in [2.45, 2.75) is 58.4 Å². The monoisotopic (exact) mass is 240 g/mol. The second-order valence-corrected chi connectivity index (χ2v) is 5.34. The van der Waals surface area contributed by atoms with Crippen LogP contribution in [0.1, 0.15) is 52.4 Å². The molecule has 4 nitrogen and oxygen atoms in total. The molecule has 0 unspecified atom stereocenters. The number of hydrogen-bond acceptors (Lipinski definition) is 2. The molecule has 1 rings (SSSR count). The zero-order chi connectivity index (χ0) is 12.8. The van der Waals surface area contributed by atoms with E-state index in [0.717, 1.165) is 32.2 Å². The second kappa shape index (κ2) is 6.62. The highest BCUT2D eigenvalue weighted by Crippen LogP contribution is 2.21. The molecule has 0 aromatic rings. The molecule has 17 heavy (non-hydrogen) atoms. The van der Waals surface area contributed by atoms with Crippen LogP contribution in [-0.2, 0) is 9.59 Å². The van der Waals surface area contributed by atoms with Gasteiger partial charge in [0.25, 0.3) is 0 Å². The highest BCUT2D eigenvalue weighted by Gasteiger charge is 2.27. The van der Waals surface area contributed by atoms with Crippen molar-refractivity contribution in [3.8, 4) is 0 Å². The van der Waals surface area contributed by atoms with Gasteiger partial charge in [0, 0.05) is 25.4 Å². The van der Waals surface area contributed by atoms with Gasteiger partial charge in [0.15, 0.2) is 0 Å². The maximum Gasteiger partial charge on any atom is 0.222 e. The van der Waals surface area contributed by atoms with Crippen molar-refractivity contribution in [2.24, 2.45) is 11.7 Å². The SMILES string of the molecule is CC(C)CCC(=O)N1CCCC[C@H]1CC(N)=O. The zero-order valence-corrected chi connectivity index (χ0v) is 10.9. The Morgan fingerprint density at radius 2 is 2.06 bits per heavy atom. The van der Waals surface area contributed by atoms with Crippen LogP contribution in [0.5, 0.6) is 0 Å². The second-order valence-electron chi connectivity index (χ2n) is 5.34. The summed E-state index contributed by atoms with van der Waals surface area (Å²) in [5.41, 5.74) is 5.23. The summed E-state index contributed by atoms with van der Waals surface area (Å²) in [6.45, 7) is 5.02. The maximum absolute atomic E-state index is 12.1. The quantitative estimate of drug-likeness (QED) is 0.794. The molecule has 0 aromatic heterocycles. The van der Waals surface area contributed by atoms with E-state index in [1.165, 1.54) is 0 Å². The fourth-order valence-corrected chi connectivity index (χ4v) is 2.33. The minimum Gasteiger partial charge on any atom is -0.370 e. The molecule has 98 valence electrons. The molecule has 0 aromatic carbocycles. The van der Waals surface area contributed by atoms with Gasteiger partial charge in [-0.1, -0.05) is 13.8 Å². The minimum absolute atomic E-state index is 0.0425. The standard InChI is InChI=1S/C13H24N2O2/c1-10(2)6-7-13(17)15-8-4-3-5-11(15)9-12(14)16/h10-11H,3-9H2,1-2H3,(H2,14,16)/t11-/m0/s1. The molecular formula is C13H24N2O2. The summed E-state index contributed by atoms with van der Waals surface area (Å²) in [6, 6.07) is 0.0425. The van der Waals surface area contributed by atoms with Gasteiger partial charge in [-0.15, -0.1) is 0 Å². The Balaban J connectivity index is 2.51. The number of piperidine rings is 1. The third-order valence-corrected chi connectivity index (χ3v) is 3.32. The zero-order valence-electron chi connectivity index (χ0n) is 10.9. The minimum atomic E-state index is -0.307. The van der Waals surface area contributed by atoms with Crippen LogP contribution in [0.15, 0.2) is 0 Å². The average molecular weight is 240 g/mol. The smallest absolute Gasteiger partial charge is 0.222 e. The summed E-state index contributed by atoms with van der Waals surface area (Å²) in [5.74, 6) is 0.418. The molecule has 1 heterocycles. The van der Waals surface area contributed by atoms with Gasteiger partial charge < -0.3 is 10.6 Å². The Kier molecular flexibility index (Phi) is 5.45. The molecule has 2 N–H and O–H groups in total. The summed E-state index contributed by atoms with van der Waals surface area (Å²) in [4.78, 5) is 24.9. The predicted octanol–water partition coefficient (Wildman–Crippen LogP) is 1.68. The van der Waals surface area contributed by atoms with Crippen LogP contribution < -0.4 is 5.73 Å². The van der Waals surface area contributed by atoms with Gasteiger partial charge in [-0.2, -0.15) is 0 Å². The van der Waals surface area contributed by atoms with Gasteiger partial charge in [0.05, 0.1) is 0 Å². The largest absolute Gasteiger partial charge is 0.370 e. The number of carbonyl (C=O) groups is 2. The first-order valence-electron chi connectivity index (χ1n) is 6.58. The Hall–Kier alpha value is -1.06. The van der Waals surface area contributed by atoms with Crippen molar-refractivity contribution in [3.63, 3.8) is 0 Å². The van der Waals surface area contributed by atoms with Gasteiger partial charge in [-0.05, 0) is 31.6 Å². The molecule has 1 saturated heterocycles. The first-order chi connectivity index (χ1) is 8.00. The number of carbonyl (C=O) groups excluding carboxylic acids is 2. The molecule has 0 bridgehead atoms. The van der Waals surface area contributed by atoms with Crippen LogP contribution in [0.3, 0.4) is 0 Å². The molecule has 0 saturated carbocycles.